The van der Waals surface area contributed by atoms with E-state index in [0.717, 1.165) is 0 Å². The second-order valence-electron chi connectivity index (χ2n) is 3.99. The Balaban J connectivity index is 2.06. The first-order valence-electron chi connectivity index (χ1n) is 5.58. The molecule has 1 heterocycles. The maximum absolute atomic E-state index is 11.7. The van der Waals surface area contributed by atoms with Crippen LogP contribution in [0.15, 0.2) is 42.5 Å². The number of ether oxygens (including phenoxy) is 1. The molecule has 94 valence electrons. The van der Waals surface area contributed by atoms with Crippen molar-refractivity contribution in [3.8, 4) is 11.5 Å². The quantitative estimate of drug-likeness (QED) is 0.855. The fraction of sp³-hybridized carbons (Fsp3) is 0. The van der Waals surface area contributed by atoms with Crippen molar-refractivity contribution in [3.63, 3.8) is 0 Å². The van der Waals surface area contributed by atoms with Gasteiger partial charge in [0.05, 0.1) is 16.3 Å². The molecule has 1 aliphatic heterocycles. The highest BCUT2D eigenvalue weighted by Gasteiger charge is 2.33. The number of halogens is 1. The summed E-state index contributed by atoms with van der Waals surface area (Å²) in [7, 11) is 0. The van der Waals surface area contributed by atoms with Crippen molar-refractivity contribution in [1.29, 1.82) is 0 Å². The normalized spacial score (nSPS) is 13.1. The molecule has 0 unspecified atom stereocenters. The Morgan fingerprint density at radius 3 is 2.47 bits per heavy atom. The predicted octanol–water partition coefficient (Wildman–Crippen LogP) is 3.27. The summed E-state index contributed by atoms with van der Waals surface area (Å²) in [6, 6.07) is 12.2. The van der Waals surface area contributed by atoms with E-state index in [9.17, 15) is 9.59 Å². The van der Waals surface area contributed by atoms with E-state index in [1.807, 2.05) is 18.2 Å². The first-order chi connectivity index (χ1) is 9.16. The van der Waals surface area contributed by atoms with Crippen molar-refractivity contribution in [1.82, 2.24) is 0 Å². The van der Waals surface area contributed by atoms with Crippen molar-refractivity contribution >= 4 is 29.0 Å². The molecule has 0 saturated carbocycles. The smallest absolute Gasteiger partial charge is 0.297 e. The molecule has 0 bridgehead atoms. The fourth-order valence-corrected chi connectivity index (χ4v) is 2.13. The molecule has 5 heteroatoms. The first-order valence-corrected chi connectivity index (χ1v) is 5.95. The van der Waals surface area contributed by atoms with Crippen molar-refractivity contribution in [2.45, 2.75) is 0 Å². The van der Waals surface area contributed by atoms with E-state index in [1.54, 1.807) is 18.2 Å². The minimum absolute atomic E-state index is 0.167. The second-order valence-corrected chi connectivity index (χ2v) is 4.40. The summed E-state index contributed by atoms with van der Waals surface area (Å²) in [5.74, 6) is -0.329. The Hall–Kier alpha value is -2.33. The lowest BCUT2D eigenvalue weighted by Crippen LogP contribution is -2.12. The largest absolute Gasteiger partial charge is 0.455 e. The number of ketones is 1. The summed E-state index contributed by atoms with van der Waals surface area (Å²) >= 11 is 5.94. The van der Waals surface area contributed by atoms with Crippen LogP contribution in [0, 0.1) is 0 Å². The SMILES string of the molecule is O=C1Nc2c(Oc3ccccc3)ccc(Cl)c2C1=O. The van der Waals surface area contributed by atoms with Gasteiger partial charge in [0.1, 0.15) is 5.75 Å². The molecule has 0 saturated heterocycles. The number of fused-ring (bicyclic) bond motifs is 1. The zero-order valence-electron chi connectivity index (χ0n) is 9.64. The Bertz CT molecular complexity index is 683. The molecule has 0 atom stereocenters. The lowest BCUT2D eigenvalue weighted by atomic mass is 10.1. The Morgan fingerprint density at radius 1 is 1.00 bits per heavy atom. The Labute approximate surface area is 114 Å². The van der Waals surface area contributed by atoms with E-state index >= 15 is 0 Å². The summed E-state index contributed by atoms with van der Waals surface area (Å²) in [6.07, 6.45) is 0. The van der Waals surface area contributed by atoms with Crippen LogP contribution < -0.4 is 10.1 Å². The van der Waals surface area contributed by atoms with Crippen LogP contribution in [-0.4, -0.2) is 11.7 Å². The number of hydrogen-bond donors (Lipinski definition) is 1. The van der Waals surface area contributed by atoms with Gasteiger partial charge in [-0.1, -0.05) is 29.8 Å². The van der Waals surface area contributed by atoms with Gasteiger partial charge in [0.25, 0.3) is 11.7 Å². The van der Waals surface area contributed by atoms with Gasteiger partial charge in [-0.3, -0.25) is 9.59 Å². The monoisotopic (exact) mass is 273 g/mol. The molecule has 1 N–H and O–H groups in total. The number of hydrogen-bond acceptors (Lipinski definition) is 3. The number of anilines is 1. The Morgan fingerprint density at radius 2 is 1.74 bits per heavy atom. The van der Waals surface area contributed by atoms with E-state index in [1.165, 1.54) is 6.07 Å². The number of para-hydroxylation sites is 1. The summed E-state index contributed by atoms with van der Waals surface area (Å²) in [5, 5.41) is 2.71. The van der Waals surface area contributed by atoms with Crippen LogP contribution in [0.1, 0.15) is 10.4 Å². The molecular formula is C14H8ClNO3. The third kappa shape index (κ3) is 1.96. The average Bonchev–Trinajstić information content (AvgIpc) is 2.72. The van der Waals surface area contributed by atoms with Crippen molar-refractivity contribution in [3.05, 3.63) is 53.1 Å². The second kappa shape index (κ2) is 4.40. The molecule has 0 fully saturated rings. The van der Waals surface area contributed by atoms with Crippen LogP contribution in [0.5, 0.6) is 11.5 Å². The first kappa shape index (κ1) is 11.7. The van der Waals surface area contributed by atoms with Gasteiger partial charge in [-0.05, 0) is 24.3 Å². The topological polar surface area (TPSA) is 55.4 Å². The number of rotatable bonds is 2. The molecule has 1 aliphatic rings. The number of carbonyl (C=O) groups excluding carboxylic acids is 2. The van der Waals surface area contributed by atoms with E-state index in [2.05, 4.69) is 5.32 Å². The van der Waals surface area contributed by atoms with Crippen LogP contribution in [0.3, 0.4) is 0 Å². The van der Waals surface area contributed by atoms with Crippen LogP contribution >= 0.6 is 11.6 Å². The molecule has 0 aromatic heterocycles. The van der Waals surface area contributed by atoms with E-state index < -0.39 is 11.7 Å². The minimum atomic E-state index is -0.694. The van der Waals surface area contributed by atoms with E-state index in [-0.39, 0.29) is 10.6 Å². The summed E-state index contributed by atoms with van der Waals surface area (Å²) in [5.41, 5.74) is 0.492. The highest BCUT2D eigenvalue weighted by molar-refractivity contribution is 6.55. The van der Waals surface area contributed by atoms with Gasteiger partial charge in [0.2, 0.25) is 0 Å². The van der Waals surface area contributed by atoms with Crippen LogP contribution in [0.4, 0.5) is 5.69 Å². The van der Waals surface area contributed by atoms with E-state index in [0.29, 0.717) is 17.2 Å². The maximum atomic E-state index is 11.7. The molecular weight excluding hydrogens is 266 g/mol. The van der Waals surface area contributed by atoms with Crippen molar-refractivity contribution in [2.24, 2.45) is 0 Å². The van der Waals surface area contributed by atoms with Crippen LogP contribution in [0.2, 0.25) is 5.02 Å². The van der Waals surface area contributed by atoms with Gasteiger partial charge < -0.3 is 10.1 Å². The molecule has 2 aromatic carbocycles. The zero-order chi connectivity index (χ0) is 13.4. The molecule has 0 radical (unpaired) electrons. The lowest BCUT2D eigenvalue weighted by molar-refractivity contribution is -0.112. The number of carbonyl (C=O) groups is 2. The molecule has 4 nitrogen and oxygen atoms in total. The van der Waals surface area contributed by atoms with Gasteiger partial charge >= 0.3 is 0 Å². The van der Waals surface area contributed by atoms with Gasteiger partial charge in [-0.25, -0.2) is 0 Å². The average molecular weight is 274 g/mol. The minimum Gasteiger partial charge on any atom is -0.455 e. The third-order valence-electron chi connectivity index (χ3n) is 2.76. The fourth-order valence-electron chi connectivity index (χ4n) is 1.89. The summed E-state index contributed by atoms with van der Waals surface area (Å²) in [6.45, 7) is 0. The molecule has 3 rings (SSSR count). The molecule has 2 aromatic rings. The maximum Gasteiger partial charge on any atom is 0.297 e. The van der Waals surface area contributed by atoms with Crippen LogP contribution in [0.25, 0.3) is 0 Å². The number of nitrogens with one attached hydrogen (secondary N) is 1. The third-order valence-corrected chi connectivity index (χ3v) is 3.07. The van der Waals surface area contributed by atoms with Crippen molar-refractivity contribution in [2.75, 3.05) is 5.32 Å². The lowest BCUT2D eigenvalue weighted by Gasteiger charge is -2.10. The van der Waals surface area contributed by atoms with Crippen LogP contribution in [-0.2, 0) is 4.79 Å². The van der Waals surface area contributed by atoms with Crippen molar-refractivity contribution < 1.29 is 14.3 Å². The van der Waals surface area contributed by atoms with Gasteiger partial charge in [-0.15, -0.1) is 0 Å². The molecule has 1 amide bonds. The standard InChI is InChI=1S/C14H8ClNO3/c15-9-6-7-10(19-8-4-2-1-3-5-8)12-11(9)13(17)14(18)16-12/h1-7H,(H,16,17,18). The number of benzene rings is 2. The molecule has 0 spiro atoms. The zero-order valence-corrected chi connectivity index (χ0v) is 10.4. The number of amides is 1. The predicted molar refractivity (Wildman–Crippen MR) is 70.9 cm³/mol. The van der Waals surface area contributed by atoms with Gasteiger partial charge in [-0.2, -0.15) is 0 Å². The van der Waals surface area contributed by atoms with Gasteiger partial charge in [0.15, 0.2) is 5.75 Å². The summed E-state index contributed by atoms with van der Waals surface area (Å²) < 4.78 is 5.65. The van der Waals surface area contributed by atoms with E-state index in [4.69, 9.17) is 16.3 Å². The highest BCUT2D eigenvalue weighted by atomic mass is 35.5. The molecule has 0 aliphatic carbocycles. The highest BCUT2D eigenvalue weighted by Crippen LogP contribution is 2.39. The summed E-state index contributed by atoms with van der Waals surface area (Å²) in [4.78, 5) is 23.1. The number of Topliss-reactive ketones (excluding diaryl/α,β-unsaturated/α-hetero) is 1. The van der Waals surface area contributed by atoms with Gasteiger partial charge in [0, 0.05) is 0 Å². The Kier molecular flexibility index (Phi) is 2.72. The molecule has 19 heavy (non-hydrogen) atoms.